The first kappa shape index (κ1) is 14.4. The molecular weight excluding hydrogens is 286 g/mol. The molecule has 3 aromatic rings. The van der Waals surface area contributed by atoms with Crippen LogP contribution in [-0.4, -0.2) is 41.9 Å². The van der Waals surface area contributed by atoms with Gasteiger partial charge >= 0.3 is 0 Å². The first-order valence-electron chi connectivity index (χ1n) is 6.97. The number of rotatable bonds is 5. The van der Waals surface area contributed by atoms with E-state index in [0.29, 0.717) is 48.1 Å². The first-order valence-corrected chi connectivity index (χ1v) is 6.97. The van der Waals surface area contributed by atoms with Crippen molar-refractivity contribution in [3.63, 3.8) is 0 Å². The van der Waals surface area contributed by atoms with E-state index in [1.807, 2.05) is 18.9 Å². The Balaban J connectivity index is 1.77. The number of aromatic nitrogens is 6. The van der Waals surface area contributed by atoms with Crippen LogP contribution < -0.4 is 5.56 Å². The molecule has 9 heteroatoms. The van der Waals surface area contributed by atoms with E-state index in [2.05, 4.69) is 25.3 Å². The summed E-state index contributed by atoms with van der Waals surface area (Å²) in [6.07, 6.45) is 2.22. The van der Waals surface area contributed by atoms with Gasteiger partial charge in [-0.05, 0) is 7.05 Å². The van der Waals surface area contributed by atoms with Crippen molar-refractivity contribution in [2.75, 3.05) is 7.05 Å². The Hall–Kier alpha value is -2.55. The average Bonchev–Trinajstić information content (AvgIpc) is 3.06. The smallest absolute Gasteiger partial charge is 0.262 e. The van der Waals surface area contributed by atoms with Gasteiger partial charge in [0.25, 0.3) is 5.56 Å². The summed E-state index contributed by atoms with van der Waals surface area (Å²) < 4.78 is 7.05. The number of hydrogen-bond donors (Lipinski definition) is 1. The topological polar surface area (TPSA) is 106 Å². The predicted octanol–water partition coefficient (Wildman–Crippen LogP) is 0.234. The molecule has 22 heavy (non-hydrogen) atoms. The average molecular weight is 303 g/mol. The minimum Gasteiger partial charge on any atom is -0.424 e. The Bertz CT molecular complexity index is 848. The molecule has 0 amide bonds. The maximum atomic E-state index is 12.0. The highest BCUT2D eigenvalue weighted by Gasteiger charge is 2.12. The molecule has 3 rings (SSSR count). The molecular formula is C13H17N7O2. The van der Waals surface area contributed by atoms with Crippen molar-refractivity contribution in [2.24, 2.45) is 7.05 Å². The molecule has 9 nitrogen and oxygen atoms in total. The third-order valence-corrected chi connectivity index (χ3v) is 3.29. The number of nitrogens with zero attached hydrogens (tertiary/aromatic N) is 6. The van der Waals surface area contributed by atoms with Crippen LogP contribution in [0.1, 0.15) is 24.5 Å². The van der Waals surface area contributed by atoms with Gasteiger partial charge in [0.05, 0.1) is 19.3 Å². The Morgan fingerprint density at radius 3 is 2.82 bits per heavy atom. The molecule has 0 aromatic carbocycles. The molecule has 1 N–H and O–H groups in total. The summed E-state index contributed by atoms with van der Waals surface area (Å²) >= 11 is 0. The summed E-state index contributed by atoms with van der Waals surface area (Å²) in [5.41, 5.74) is 0.380. The van der Waals surface area contributed by atoms with Crippen LogP contribution in [0.25, 0.3) is 11.0 Å². The van der Waals surface area contributed by atoms with Gasteiger partial charge in [0, 0.05) is 13.5 Å². The Morgan fingerprint density at radius 2 is 2.09 bits per heavy atom. The lowest BCUT2D eigenvalue weighted by atomic mass is 10.4. The third kappa shape index (κ3) is 2.75. The van der Waals surface area contributed by atoms with Gasteiger partial charge in [-0.1, -0.05) is 6.92 Å². The molecule has 0 aliphatic rings. The normalized spacial score (nSPS) is 11.6. The van der Waals surface area contributed by atoms with Crippen molar-refractivity contribution >= 4 is 11.0 Å². The highest BCUT2D eigenvalue weighted by atomic mass is 16.4. The van der Waals surface area contributed by atoms with Gasteiger partial charge in [-0.25, -0.2) is 4.98 Å². The molecule has 0 spiro atoms. The quantitative estimate of drug-likeness (QED) is 0.719. The van der Waals surface area contributed by atoms with Crippen LogP contribution >= 0.6 is 0 Å². The molecule has 0 radical (unpaired) electrons. The Morgan fingerprint density at radius 1 is 1.32 bits per heavy atom. The maximum absolute atomic E-state index is 12.0. The molecule has 0 aliphatic heterocycles. The van der Waals surface area contributed by atoms with Crippen molar-refractivity contribution in [1.82, 2.24) is 34.8 Å². The predicted molar refractivity (Wildman–Crippen MR) is 78.0 cm³/mol. The standard InChI is InChI=1S/C13H17N7O2/c1-4-10-17-18-11(22-10)7-19(2)6-9-15-12-8(13(21)16-9)5-14-20(12)3/h5H,4,6-7H2,1-3H3,(H,15,16,21). The number of nitrogens with one attached hydrogen (secondary N) is 1. The SMILES string of the molecule is CCc1nnc(CN(C)Cc2nc3c(cnn3C)c(=O)[nH]2)o1. The van der Waals surface area contributed by atoms with Gasteiger partial charge in [-0.2, -0.15) is 5.10 Å². The van der Waals surface area contributed by atoms with Gasteiger partial charge in [-0.3, -0.25) is 14.4 Å². The second-order valence-corrected chi connectivity index (χ2v) is 5.13. The van der Waals surface area contributed by atoms with Crippen LogP contribution in [0.15, 0.2) is 15.4 Å². The Labute approximate surface area is 126 Å². The number of H-pyrrole nitrogens is 1. The van der Waals surface area contributed by atoms with Crippen LogP contribution in [0.4, 0.5) is 0 Å². The van der Waals surface area contributed by atoms with E-state index in [9.17, 15) is 4.79 Å². The molecule has 0 saturated heterocycles. The van der Waals surface area contributed by atoms with E-state index in [-0.39, 0.29) is 5.56 Å². The van der Waals surface area contributed by atoms with Crippen LogP contribution in [-0.2, 0) is 26.6 Å². The molecule has 0 bridgehead atoms. The van der Waals surface area contributed by atoms with Gasteiger partial charge in [0.1, 0.15) is 11.2 Å². The van der Waals surface area contributed by atoms with Crippen LogP contribution in [0, 0.1) is 0 Å². The molecule has 3 heterocycles. The van der Waals surface area contributed by atoms with Crippen molar-refractivity contribution in [1.29, 1.82) is 0 Å². The van der Waals surface area contributed by atoms with Crippen molar-refractivity contribution in [3.05, 3.63) is 34.2 Å². The van der Waals surface area contributed by atoms with Gasteiger partial charge in [0.15, 0.2) is 5.65 Å². The van der Waals surface area contributed by atoms with Gasteiger partial charge < -0.3 is 9.40 Å². The Kier molecular flexibility index (Phi) is 3.72. The second kappa shape index (κ2) is 5.68. The van der Waals surface area contributed by atoms with Gasteiger partial charge in [-0.15, -0.1) is 10.2 Å². The fourth-order valence-electron chi connectivity index (χ4n) is 2.19. The van der Waals surface area contributed by atoms with E-state index in [4.69, 9.17) is 4.42 Å². The van der Waals surface area contributed by atoms with Crippen molar-refractivity contribution in [3.8, 4) is 0 Å². The molecule has 3 aromatic heterocycles. The maximum Gasteiger partial charge on any atom is 0.262 e. The molecule has 0 unspecified atom stereocenters. The van der Waals surface area contributed by atoms with E-state index >= 15 is 0 Å². The number of hydrogen-bond acceptors (Lipinski definition) is 7. The van der Waals surface area contributed by atoms with E-state index < -0.39 is 0 Å². The summed E-state index contributed by atoms with van der Waals surface area (Å²) in [6, 6.07) is 0. The second-order valence-electron chi connectivity index (χ2n) is 5.13. The fraction of sp³-hybridized carbons (Fsp3) is 0.462. The highest BCUT2D eigenvalue weighted by molar-refractivity contribution is 5.72. The van der Waals surface area contributed by atoms with Crippen molar-refractivity contribution in [2.45, 2.75) is 26.4 Å². The summed E-state index contributed by atoms with van der Waals surface area (Å²) in [6.45, 7) is 2.90. The van der Waals surface area contributed by atoms with Crippen LogP contribution in [0.3, 0.4) is 0 Å². The van der Waals surface area contributed by atoms with E-state index in [1.54, 1.807) is 11.7 Å². The first-order chi connectivity index (χ1) is 10.6. The summed E-state index contributed by atoms with van der Waals surface area (Å²) in [5, 5.41) is 12.4. The minimum absolute atomic E-state index is 0.187. The number of aryl methyl sites for hydroxylation is 2. The van der Waals surface area contributed by atoms with E-state index in [1.165, 1.54) is 6.20 Å². The zero-order valence-corrected chi connectivity index (χ0v) is 12.7. The fourth-order valence-corrected chi connectivity index (χ4v) is 2.19. The van der Waals surface area contributed by atoms with Crippen LogP contribution in [0.2, 0.25) is 0 Å². The van der Waals surface area contributed by atoms with E-state index in [0.717, 1.165) is 0 Å². The number of aromatic amines is 1. The molecule has 0 saturated carbocycles. The third-order valence-electron chi connectivity index (χ3n) is 3.29. The number of fused-ring (bicyclic) bond motifs is 1. The lowest BCUT2D eigenvalue weighted by Crippen LogP contribution is -2.22. The van der Waals surface area contributed by atoms with Crippen molar-refractivity contribution < 1.29 is 4.42 Å². The van der Waals surface area contributed by atoms with Crippen LogP contribution in [0.5, 0.6) is 0 Å². The summed E-state index contributed by atoms with van der Waals surface area (Å²) in [5.74, 6) is 1.73. The monoisotopic (exact) mass is 303 g/mol. The summed E-state index contributed by atoms with van der Waals surface area (Å²) in [4.78, 5) is 21.1. The molecule has 0 aliphatic carbocycles. The molecule has 0 atom stereocenters. The molecule has 0 fully saturated rings. The zero-order chi connectivity index (χ0) is 15.7. The molecule has 116 valence electrons. The van der Waals surface area contributed by atoms with Gasteiger partial charge in [0.2, 0.25) is 11.8 Å². The lowest BCUT2D eigenvalue weighted by molar-refractivity contribution is 0.271. The largest absolute Gasteiger partial charge is 0.424 e. The minimum atomic E-state index is -0.187. The summed E-state index contributed by atoms with van der Waals surface area (Å²) in [7, 11) is 3.65. The zero-order valence-electron chi connectivity index (χ0n) is 12.7. The highest BCUT2D eigenvalue weighted by Crippen LogP contribution is 2.08. The lowest BCUT2D eigenvalue weighted by Gasteiger charge is -2.13.